The number of aromatic nitrogens is 2. The fourth-order valence-electron chi connectivity index (χ4n) is 1.47. The largest absolute Gasteiger partial charge is 0.378 e. The van der Waals surface area contributed by atoms with Crippen LogP contribution in [0.5, 0.6) is 0 Å². The normalized spacial score (nSPS) is 12.3. The zero-order valence-corrected chi connectivity index (χ0v) is 9.45. The Hall–Kier alpha value is -1.49. The molecule has 5 heteroatoms. The standard InChI is InChI=1S/C10H12N4S/c1-14-9-7(6-12-14)4-3-5-8(9)13-10(11)15-2/h3-6H,1-2H3,(H2,11,13). The Morgan fingerprint density at radius 3 is 3.07 bits per heavy atom. The number of hydrogen-bond donors (Lipinski definition) is 1. The monoisotopic (exact) mass is 220 g/mol. The van der Waals surface area contributed by atoms with Gasteiger partial charge in [0.25, 0.3) is 0 Å². The molecule has 78 valence electrons. The summed E-state index contributed by atoms with van der Waals surface area (Å²) >= 11 is 1.43. The summed E-state index contributed by atoms with van der Waals surface area (Å²) in [4.78, 5) is 4.34. The Balaban J connectivity index is 2.65. The van der Waals surface area contributed by atoms with Crippen LogP contribution in [0.25, 0.3) is 10.9 Å². The number of benzene rings is 1. The Morgan fingerprint density at radius 2 is 2.33 bits per heavy atom. The van der Waals surface area contributed by atoms with Crippen molar-refractivity contribution < 1.29 is 0 Å². The van der Waals surface area contributed by atoms with Crippen LogP contribution in [0.3, 0.4) is 0 Å². The minimum Gasteiger partial charge on any atom is -0.378 e. The SMILES string of the molecule is CSC(N)=Nc1cccc2cnn(C)c12. The summed E-state index contributed by atoms with van der Waals surface area (Å²) in [7, 11) is 1.90. The molecule has 0 amide bonds. The second kappa shape index (κ2) is 3.94. The van der Waals surface area contributed by atoms with Crippen LogP contribution < -0.4 is 5.73 Å². The Labute approximate surface area is 92.2 Å². The highest BCUT2D eigenvalue weighted by atomic mass is 32.2. The Morgan fingerprint density at radius 1 is 1.53 bits per heavy atom. The van der Waals surface area contributed by atoms with Crippen molar-refractivity contribution in [3.05, 3.63) is 24.4 Å². The molecule has 0 aliphatic heterocycles. The number of rotatable bonds is 1. The van der Waals surface area contributed by atoms with Crippen LogP contribution in [-0.2, 0) is 7.05 Å². The molecule has 0 atom stereocenters. The first-order chi connectivity index (χ1) is 7.22. The third-order valence-electron chi connectivity index (χ3n) is 2.18. The van der Waals surface area contributed by atoms with Crippen molar-refractivity contribution in [1.82, 2.24) is 9.78 Å². The number of fused-ring (bicyclic) bond motifs is 1. The topological polar surface area (TPSA) is 56.2 Å². The van der Waals surface area contributed by atoms with Crippen molar-refractivity contribution in [3.63, 3.8) is 0 Å². The lowest BCUT2D eigenvalue weighted by atomic mass is 10.2. The summed E-state index contributed by atoms with van der Waals surface area (Å²) in [5.41, 5.74) is 7.57. The van der Waals surface area contributed by atoms with Gasteiger partial charge in [-0.25, -0.2) is 4.99 Å². The second-order valence-corrected chi connectivity index (χ2v) is 3.96. The summed E-state index contributed by atoms with van der Waals surface area (Å²) < 4.78 is 1.81. The van der Waals surface area contributed by atoms with Crippen LogP contribution in [0.15, 0.2) is 29.4 Å². The lowest BCUT2D eigenvalue weighted by Gasteiger charge is -2.00. The maximum Gasteiger partial charge on any atom is 0.158 e. The van der Waals surface area contributed by atoms with E-state index in [-0.39, 0.29) is 0 Å². The Kier molecular flexibility index (Phi) is 2.64. The summed E-state index contributed by atoms with van der Waals surface area (Å²) in [6, 6.07) is 5.90. The molecule has 0 aliphatic carbocycles. The highest BCUT2D eigenvalue weighted by molar-refractivity contribution is 8.13. The second-order valence-electron chi connectivity index (χ2n) is 3.14. The van der Waals surface area contributed by atoms with E-state index in [2.05, 4.69) is 10.1 Å². The summed E-state index contributed by atoms with van der Waals surface area (Å²) in [5, 5.41) is 5.82. The van der Waals surface area contributed by atoms with Gasteiger partial charge in [0.1, 0.15) is 0 Å². The smallest absolute Gasteiger partial charge is 0.158 e. The quantitative estimate of drug-likeness (QED) is 0.589. The average Bonchev–Trinajstić information content (AvgIpc) is 2.61. The summed E-state index contributed by atoms with van der Waals surface area (Å²) in [5.74, 6) is 0. The molecular weight excluding hydrogens is 208 g/mol. The van der Waals surface area contributed by atoms with Crippen molar-refractivity contribution in [3.8, 4) is 0 Å². The average molecular weight is 220 g/mol. The fraction of sp³-hybridized carbons (Fsp3) is 0.200. The van der Waals surface area contributed by atoms with Gasteiger partial charge in [-0.05, 0) is 12.3 Å². The van der Waals surface area contributed by atoms with Crippen LogP contribution in [0.2, 0.25) is 0 Å². The lowest BCUT2D eigenvalue weighted by molar-refractivity contribution is 0.797. The van der Waals surface area contributed by atoms with Crippen LogP contribution in [0, 0.1) is 0 Å². The minimum atomic E-state index is 0.559. The van der Waals surface area contributed by atoms with E-state index in [1.165, 1.54) is 11.8 Å². The van der Waals surface area contributed by atoms with Crippen molar-refractivity contribution in [2.24, 2.45) is 17.8 Å². The molecular formula is C10H12N4S. The minimum absolute atomic E-state index is 0.559. The van der Waals surface area contributed by atoms with E-state index in [4.69, 9.17) is 5.73 Å². The molecule has 0 fully saturated rings. The van der Waals surface area contributed by atoms with Gasteiger partial charge in [0.05, 0.1) is 17.4 Å². The van der Waals surface area contributed by atoms with Gasteiger partial charge in [0.2, 0.25) is 0 Å². The van der Waals surface area contributed by atoms with E-state index in [1.54, 1.807) is 0 Å². The van der Waals surface area contributed by atoms with Gasteiger partial charge >= 0.3 is 0 Å². The number of nitrogens with two attached hydrogens (primary N) is 1. The van der Waals surface area contributed by atoms with E-state index >= 15 is 0 Å². The van der Waals surface area contributed by atoms with Gasteiger partial charge in [0.15, 0.2) is 5.17 Å². The first-order valence-corrected chi connectivity index (χ1v) is 5.73. The number of hydrogen-bond acceptors (Lipinski definition) is 3. The summed E-state index contributed by atoms with van der Waals surface area (Å²) in [6.07, 6.45) is 3.73. The molecule has 1 aromatic heterocycles. The van der Waals surface area contributed by atoms with Gasteiger partial charge < -0.3 is 5.73 Å². The molecule has 1 aromatic carbocycles. The van der Waals surface area contributed by atoms with Crippen molar-refractivity contribution >= 4 is 33.5 Å². The highest BCUT2D eigenvalue weighted by Crippen LogP contribution is 2.25. The summed E-state index contributed by atoms with van der Waals surface area (Å²) in [6.45, 7) is 0. The molecule has 0 radical (unpaired) electrons. The molecule has 0 unspecified atom stereocenters. The number of para-hydroxylation sites is 1. The van der Waals surface area contributed by atoms with E-state index in [0.717, 1.165) is 16.6 Å². The van der Waals surface area contributed by atoms with Crippen LogP contribution in [0.4, 0.5) is 5.69 Å². The van der Waals surface area contributed by atoms with Gasteiger partial charge in [-0.1, -0.05) is 23.9 Å². The predicted octanol–water partition coefficient (Wildman–Crippen LogP) is 1.88. The number of amidine groups is 1. The molecule has 0 aliphatic rings. The number of thioether (sulfide) groups is 1. The first kappa shape index (κ1) is 10.0. The van der Waals surface area contributed by atoms with Gasteiger partial charge in [0, 0.05) is 12.4 Å². The zero-order chi connectivity index (χ0) is 10.8. The lowest BCUT2D eigenvalue weighted by Crippen LogP contribution is -2.04. The molecule has 0 saturated carbocycles. The van der Waals surface area contributed by atoms with Gasteiger partial charge in [-0.15, -0.1) is 0 Å². The maximum atomic E-state index is 5.70. The fourth-order valence-corrected chi connectivity index (χ4v) is 1.66. The molecule has 1 heterocycles. The zero-order valence-electron chi connectivity index (χ0n) is 8.64. The molecule has 4 nitrogen and oxygen atoms in total. The molecule has 2 N–H and O–H groups in total. The van der Waals surface area contributed by atoms with Gasteiger partial charge in [-0.2, -0.15) is 5.10 Å². The van der Waals surface area contributed by atoms with Gasteiger partial charge in [-0.3, -0.25) is 4.68 Å². The van der Waals surface area contributed by atoms with Crippen molar-refractivity contribution in [2.45, 2.75) is 0 Å². The molecule has 2 rings (SSSR count). The van der Waals surface area contributed by atoms with Crippen LogP contribution >= 0.6 is 11.8 Å². The van der Waals surface area contributed by atoms with Crippen molar-refractivity contribution in [2.75, 3.05) is 6.26 Å². The molecule has 15 heavy (non-hydrogen) atoms. The number of aryl methyl sites for hydroxylation is 1. The number of aliphatic imine (C=N–C) groups is 1. The molecule has 0 bridgehead atoms. The Bertz CT molecular complexity index is 515. The third-order valence-corrected chi connectivity index (χ3v) is 2.69. The molecule has 2 aromatic rings. The molecule has 0 saturated heterocycles. The third kappa shape index (κ3) is 1.83. The van der Waals surface area contributed by atoms with Crippen LogP contribution in [0.1, 0.15) is 0 Å². The van der Waals surface area contributed by atoms with Crippen molar-refractivity contribution in [1.29, 1.82) is 0 Å². The first-order valence-electron chi connectivity index (χ1n) is 4.51. The van der Waals surface area contributed by atoms with E-state index < -0.39 is 0 Å². The van der Waals surface area contributed by atoms with E-state index in [1.807, 2.05) is 42.4 Å². The molecule has 0 spiro atoms. The number of nitrogens with zero attached hydrogens (tertiary/aromatic N) is 3. The van der Waals surface area contributed by atoms with Crippen LogP contribution in [-0.4, -0.2) is 21.2 Å². The van der Waals surface area contributed by atoms with E-state index in [9.17, 15) is 0 Å². The highest BCUT2D eigenvalue weighted by Gasteiger charge is 2.04. The predicted molar refractivity (Wildman–Crippen MR) is 65.5 cm³/mol. The maximum absolute atomic E-state index is 5.70. The van der Waals surface area contributed by atoms with E-state index in [0.29, 0.717) is 5.17 Å².